The number of ether oxygens (including phenoxy) is 1. The number of nitriles is 1. The van der Waals surface area contributed by atoms with Gasteiger partial charge < -0.3 is 24.5 Å². The second-order valence-corrected chi connectivity index (χ2v) is 5.81. The molecule has 0 atom stereocenters. The summed E-state index contributed by atoms with van der Waals surface area (Å²) in [5.41, 5.74) is 1.82. The molecule has 0 unspecified atom stereocenters. The van der Waals surface area contributed by atoms with Gasteiger partial charge in [0.1, 0.15) is 23.2 Å². The van der Waals surface area contributed by atoms with Gasteiger partial charge in [0.25, 0.3) is 5.91 Å². The van der Waals surface area contributed by atoms with Crippen LogP contribution in [0.1, 0.15) is 5.76 Å². The first-order chi connectivity index (χ1) is 13.1. The standard InChI is InChI=1S/C20H23N3O4/c1-23(10-11-24)17-5-3-15(4-6-17)19-8-7-18(27-19)13-16(14-21)20(25)22-9-12-26-2/h3-8,13,24H,9-12H2,1-2H3,(H,22,25)/b16-13+. The Morgan fingerprint density at radius 1 is 1.33 bits per heavy atom. The van der Waals surface area contributed by atoms with E-state index in [4.69, 9.17) is 14.3 Å². The van der Waals surface area contributed by atoms with Gasteiger partial charge in [0.15, 0.2) is 0 Å². The van der Waals surface area contributed by atoms with E-state index in [2.05, 4.69) is 5.32 Å². The fourth-order valence-electron chi connectivity index (χ4n) is 2.40. The summed E-state index contributed by atoms with van der Waals surface area (Å²) >= 11 is 0. The van der Waals surface area contributed by atoms with E-state index in [0.717, 1.165) is 11.3 Å². The molecule has 2 aromatic rings. The SMILES string of the molecule is COCCNC(=O)/C(C#N)=C/c1ccc(-c2ccc(N(C)CCO)cc2)o1. The van der Waals surface area contributed by atoms with Crippen molar-refractivity contribution in [2.45, 2.75) is 0 Å². The van der Waals surface area contributed by atoms with E-state index < -0.39 is 5.91 Å². The molecule has 0 saturated heterocycles. The van der Waals surface area contributed by atoms with E-state index in [1.807, 2.05) is 42.3 Å². The molecule has 7 heteroatoms. The van der Waals surface area contributed by atoms with Gasteiger partial charge in [-0.3, -0.25) is 4.79 Å². The highest BCUT2D eigenvalue weighted by atomic mass is 16.5. The number of carbonyl (C=O) groups excluding carboxylic acids is 1. The Hall–Kier alpha value is -3.08. The maximum atomic E-state index is 12.0. The van der Waals surface area contributed by atoms with E-state index in [9.17, 15) is 10.1 Å². The Kier molecular flexibility index (Phi) is 7.62. The Balaban J connectivity index is 2.11. The summed E-state index contributed by atoms with van der Waals surface area (Å²) in [5.74, 6) is 0.586. The normalized spacial score (nSPS) is 11.1. The first-order valence-corrected chi connectivity index (χ1v) is 8.50. The van der Waals surface area contributed by atoms with Gasteiger partial charge in [-0.05, 0) is 36.4 Å². The zero-order chi connectivity index (χ0) is 19.6. The predicted molar refractivity (Wildman–Crippen MR) is 103 cm³/mol. The minimum absolute atomic E-state index is 0.0343. The zero-order valence-corrected chi connectivity index (χ0v) is 15.4. The van der Waals surface area contributed by atoms with Crippen LogP contribution in [0.4, 0.5) is 5.69 Å². The average Bonchev–Trinajstić information content (AvgIpc) is 3.15. The molecule has 7 nitrogen and oxygen atoms in total. The topological polar surface area (TPSA) is 98.7 Å². The van der Waals surface area contributed by atoms with Gasteiger partial charge >= 0.3 is 0 Å². The van der Waals surface area contributed by atoms with Crippen LogP contribution >= 0.6 is 0 Å². The number of hydrogen-bond donors (Lipinski definition) is 2. The molecule has 2 N–H and O–H groups in total. The maximum Gasteiger partial charge on any atom is 0.262 e. The molecule has 1 aromatic heterocycles. The number of anilines is 1. The van der Waals surface area contributed by atoms with Crippen LogP contribution in [0, 0.1) is 11.3 Å². The Morgan fingerprint density at radius 2 is 2.07 bits per heavy atom. The van der Waals surface area contributed by atoms with Crippen LogP contribution < -0.4 is 10.2 Å². The number of aliphatic hydroxyl groups excluding tert-OH is 1. The van der Waals surface area contributed by atoms with E-state index in [0.29, 0.717) is 31.2 Å². The smallest absolute Gasteiger partial charge is 0.262 e. The number of furan rings is 1. The van der Waals surface area contributed by atoms with Crippen LogP contribution in [0.15, 0.2) is 46.4 Å². The fraction of sp³-hybridized carbons (Fsp3) is 0.300. The molecule has 0 radical (unpaired) electrons. The third-order valence-corrected chi connectivity index (χ3v) is 3.90. The summed E-state index contributed by atoms with van der Waals surface area (Å²) < 4.78 is 10.6. The number of amides is 1. The van der Waals surface area contributed by atoms with E-state index in [1.54, 1.807) is 12.1 Å². The lowest BCUT2D eigenvalue weighted by atomic mass is 10.1. The highest BCUT2D eigenvalue weighted by Gasteiger charge is 2.11. The Labute approximate surface area is 158 Å². The summed E-state index contributed by atoms with van der Waals surface area (Å²) in [6.07, 6.45) is 1.41. The number of likely N-dealkylation sites (N-methyl/N-ethyl adjacent to an activating group) is 1. The van der Waals surface area contributed by atoms with Gasteiger partial charge in [-0.25, -0.2) is 0 Å². The molecule has 142 valence electrons. The zero-order valence-electron chi connectivity index (χ0n) is 15.4. The van der Waals surface area contributed by atoms with Crippen LogP contribution in [0.2, 0.25) is 0 Å². The quantitative estimate of drug-likeness (QED) is 0.399. The molecule has 1 heterocycles. The van der Waals surface area contributed by atoms with Crippen LogP contribution in [0.5, 0.6) is 0 Å². The van der Waals surface area contributed by atoms with Crippen molar-refractivity contribution in [2.24, 2.45) is 0 Å². The number of carbonyl (C=O) groups is 1. The Morgan fingerprint density at radius 3 is 2.70 bits per heavy atom. The van der Waals surface area contributed by atoms with Crippen molar-refractivity contribution in [3.05, 3.63) is 47.7 Å². The van der Waals surface area contributed by atoms with Gasteiger partial charge in [-0.2, -0.15) is 5.26 Å². The predicted octanol–water partition coefficient (Wildman–Crippen LogP) is 2.04. The highest BCUT2D eigenvalue weighted by molar-refractivity contribution is 6.01. The van der Waals surface area contributed by atoms with Crippen LogP contribution in [0.3, 0.4) is 0 Å². The molecule has 1 aromatic carbocycles. The number of aliphatic hydroxyl groups is 1. The van der Waals surface area contributed by atoms with Crippen molar-refractivity contribution in [1.29, 1.82) is 5.26 Å². The van der Waals surface area contributed by atoms with Crippen LogP contribution in [0.25, 0.3) is 17.4 Å². The summed E-state index contributed by atoms with van der Waals surface area (Å²) in [6, 6.07) is 13.1. The summed E-state index contributed by atoms with van der Waals surface area (Å²) in [7, 11) is 3.44. The van der Waals surface area contributed by atoms with Gasteiger partial charge in [-0.15, -0.1) is 0 Å². The number of benzene rings is 1. The number of methoxy groups -OCH3 is 1. The molecule has 0 fully saturated rings. The largest absolute Gasteiger partial charge is 0.457 e. The minimum atomic E-state index is -0.469. The fourth-order valence-corrected chi connectivity index (χ4v) is 2.40. The number of rotatable bonds is 9. The molecule has 2 rings (SSSR count). The lowest BCUT2D eigenvalue weighted by molar-refractivity contribution is -0.117. The third kappa shape index (κ3) is 5.71. The molecule has 0 saturated carbocycles. The molecular formula is C20H23N3O4. The molecule has 1 amide bonds. The summed E-state index contributed by atoms with van der Waals surface area (Å²) in [5, 5.41) is 20.8. The third-order valence-electron chi connectivity index (χ3n) is 3.90. The first kappa shape index (κ1) is 20.2. The van der Waals surface area contributed by atoms with Crippen molar-refractivity contribution in [3.63, 3.8) is 0 Å². The van der Waals surface area contributed by atoms with Crippen molar-refractivity contribution in [3.8, 4) is 17.4 Å². The van der Waals surface area contributed by atoms with Gasteiger partial charge in [0.2, 0.25) is 0 Å². The minimum Gasteiger partial charge on any atom is -0.457 e. The van der Waals surface area contributed by atoms with Crippen molar-refractivity contribution >= 4 is 17.7 Å². The van der Waals surface area contributed by atoms with Crippen molar-refractivity contribution in [1.82, 2.24) is 5.32 Å². The molecule has 0 aliphatic rings. The molecule has 0 bridgehead atoms. The van der Waals surface area contributed by atoms with Gasteiger partial charge in [0, 0.05) is 44.6 Å². The molecule has 27 heavy (non-hydrogen) atoms. The number of hydrogen-bond acceptors (Lipinski definition) is 6. The molecule has 0 spiro atoms. The van der Waals surface area contributed by atoms with Crippen LogP contribution in [-0.4, -0.2) is 51.5 Å². The van der Waals surface area contributed by atoms with Gasteiger partial charge in [0.05, 0.1) is 13.2 Å². The van der Waals surface area contributed by atoms with E-state index in [1.165, 1.54) is 13.2 Å². The maximum absolute atomic E-state index is 12.0. The number of nitrogens with zero attached hydrogens (tertiary/aromatic N) is 2. The molecule has 0 aliphatic carbocycles. The average molecular weight is 369 g/mol. The lowest BCUT2D eigenvalue weighted by Crippen LogP contribution is -2.27. The second-order valence-electron chi connectivity index (χ2n) is 5.81. The number of nitrogens with one attached hydrogen (secondary N) is 1. The first-order valence-electron chi connectivity index (χ1n) is 8.50. The van der Waals surface area contributed by atoms with Crippen molar-refractivity contribution < 1.29 is 19.1 Å². The van der Waals surface area contributed by atoms with E-state index >= 15 is 0 Å². The molecule has 0 aliphatic heterocycles. The van der Waals surface area contributed by atoms with E-state index in [-0.39, 0.29) is 12.2 Å². The second kappa shape index (κ2) is 10.2. The lowest BCUT2D eigenvalue weighted by Gasteiger charge is -2.17. The van der Waals surface area contributed by atoms with Gasteiger partial charge in [-0.1, -0.05) is 0 Å². The Bertz CT molecular complexity index is 818. The van der Waals surface area contributed by atoms with Crippen LogP contribution in [-0.2, 0) is 9.53 Å². The highest BCUT2D eigenvalue weighted by Crippen LogP contribution is 2.25. The molecular weight excluding hydrogens is 346 g/mol. The summed E-state index contributed by atoms with van der Waals surface area (Å²) in [6.45, 7) is 1.35. The monoisotopic (exact) mass is 369 g/mol. The van der Waals surface area contributed by atoms with Crippen molar-refractivity contribution in [2.75, 3.05) is 45.4 Å². The summed E-state index contributed by atoms with van der Waals surface area (Å²) in [4.78, 5) is 13.9.